The van der Waals surface area contributed by atoms with Gasteiger partial charge in [-0.15, -0.1) is 0 Å². The number of para-hydroxylation sites is 2. The van der Waals surface area contributed by atoms with Gasteiger partial charge in [-0.1, -0.05) is 129 Å². The first kappa shape index (κ1) is 29.5. The molecule has 0 saturated heterocycles. The largest absolute Gasteiger partial charge is 0.310 e. The highest BCUT2D eigenvalue weighted by molar-refractivity contribution is 6.24. The van der Waals surface area contributed by atoms with Gasteiger partial charge >= 0.3 is 0 Å². The summed E-state index contributed by atoms with van der Waals surface area (Å²) in [6, 6.07) is 62.0. The molecule has 1 heterocycles. The van der Waals surface area contributed by atoms with Gasteiger partial charge in [-0.2, -0.15) is 0 Å². The lowest BCUT2D eigenvalue weighted by atomic mass is 9.82. The van der Waals surface area contributed by atoms with E-state index < -0.39 is 0 Å². The SMILES string of the molecule is CC1(C)c2ccccc2-c2ccc(N(c3ccccc3)c3ccc(/C=C/c4cc5ccc6cccc7c6c5c(c4)n7-c4ccccc4)cc3)cc21. The van der Waals surface area contributed by atoms with E-state index in [0.717, 1.165) is 22.6 Å². The van der Waals surface area contributed by atoms with Crippen LogP contribution in [0.3, 0.4) is 0 Å². The second kappa shape index (κ2) is 11.3. The predicted molar refractivity (Wildman–Crippen MR) is 217 cm³/mol. The fourth-order valence-electron chi connectivity index (χ4n) is 8.45. The molecular weight excluding hydrogens is 617 g/mol. The maximum atomic E-state index is 2.41. The molecule has 1 aromatic heterocycles. The summed E-state index contributed by atoms with van der Waals surface area (Å²) in [7, 11) is 0. The Morgan fingerprint density at radius 3 is 1.92 bits per heavy atom. The molecule has 2 heteroatoms. The Balaban J connectivity index is 1.02. The zero-order chi connectivity index (χ0) is 34.1. The van der Waals surface area contributed by atoms with E-state index in [1.165, 1.54) is 66.1 Å². The molecule has 0 aliphatic heterocycles. The molecule has 0 unspecified atom stereocenters. The molecule has 1 aliphatic rings. The third-order valence-corrected chi connectivity index (χ3v) is 10.9. The zero-order valence-electron chi connectivity index (χ0n) is 28.7. The predicted octanol–water partition coefficient (Wildman–Crippen LogP) is 13.3. The fraction of sp³-hybridized carbons (Fsp3) is 0.0612. The lowest BCUT2D eigenvalue weighted by molar-refractivity contribution is 0.660. The van der Waals surface area contributed by atoms with Gasteiger partial charge in [0.05, 0.1) is 11.0 Å². The first-order valence-electron chi connectivity index (χ1n) is 17.8. The van der Waals surface area contributed by atoms with Gasteiger partial charge in [0.1, 0.15) is 0 Å². The molecule has 10 rings (SSSR count). The van der Waals surface area contributed by atoms with Crippen LogP contribution in [0, 0.1) is 0 Å². The van der Waals surface area contributed by atoms with Crippen LogP contribution in [0.4, 0.5) is 17.1 Å². The minimum Gasteiger partial charge on any atom is -0.310 e. The van der Waals surface area contributed by atoms with Crippen molar-refractivity contribution in [3.05, 3.63) is 192 Å². The molecule has 51 heavy (non-hydrogen) atoms. The van der Waals surface area contributed by atoms with Crippen LogP contribution in [0.2, 0.25) is 0 Å². The van der Waals surface area contributed by atoms with E-state index in [0.29, 0.717) is 0 Å². The molecule has 0 N–H and O–H groups in total. The number of hydrogen-bond donors (Lipinski definition) is 0. The number of rotatable bonds is 6. The third-order valence-electron chi connectivity index (χ3n) is 10.9. The number of nitrogens with zero attached hydrogens (tertiary/aromatic N) is 2. The van der Waals surface area contributed by atoms with Crippen LogP contribution in [0.5, 0.6) is 0 Å². The second-order valence-corrected chi connectivity index (χ2v) is 14.2. The number of benzene rings is 8. The lowest BCUT2D eigenvalue weighted by Crippen LogP contribution is -2.16. The van der Waals surface area contributed by atoms with Crippen LogP contribution in [0.1, 0.15) is 36.1 Å². The highest BCUT2D eigenvalue weighted by Gasteiger charge is 2.35. The van der Waals surface area contributed by atoms with Crippen molar-refractivity contribution in [1.82, 2.24) is 4.57 Å². The minimum atomic E-state index is -0.0615. The number of aromatic nitrogens is 1. The molecule has 9 aromatic rings. The van der Waals surface area contributed by atoms with E-state index >= 15 is 0 Å². The van der Waals surface area contributed by atoms with Gasteiger partial charge in [0, 0.05) is 38.9 Å². The van der Waals surface area contributed by atoms with Crippen molar-refractivity contribution < 1.29 is 0 Å². The molecule has 8 aromatic carbocycles. The van der Waals surface area contributed by atoms with Crippen molar-refractivity contribution in [2.24, 2.45) is 0 Å². The average Bonchev–Trinajstić information content (AvgIpc) is 3.63. The summed E-state index contributed by atoms with van der Waals surface area (Å²) in [5, 5.41) is 5.20. The normalized spacial score (nSPS) is 13.4. The van der Waals surface area contributed by atoms with Crippen LogP contribution in [-0.4, -0.2) is 4.57 Å². The van der Waals surface area contributed by atoms with Gasteiger partial charge in [0.2, 0.25) is 0 Å². The first-order chi connectivity index (χ1) is 25.0. The Kier molecular flexibility index (Phi) is 6.56. The molecule has 0 amide bonds. The van der Waals surface area contributed by atoms with Crippen LogP contribution < -0.4 is 4.90 Å². The van der Waals surface area contributed by atoms with Gasteiger partial charge < -0.3 is 9.47 Å². The minimum absolute atomic E-state index is 0.0615. The Morgan fingerprint density at radius 1 is 0.451 bits per heavy atom. The lowest BCUT2D eigenvalue weighted by Gasteiger charge is -2.28. The molecule has 0 bridgehead atoms. The summed E-state index contributed by atoms with van der Waals surface area (Å²) in [5.41, 5.74) is 14.8. The van der Waals surface area contributed by atoms with Crippen LogP contribution in [0.25, 0.3) is 61.5 Å². The number of anilines is 3. The third kappa shape index (κ3) is 4.64. The van der Waals surface area contributed by atoms with Crippen molar-refractivity contribution in [3.63, 3.8) is 0 Å². The van der Waals surface area contributed by atoms with E-state index in [-0.39, 0.29) is 5.41 Å². The Morgan fingerprint density at radius 2 is 1.10 bits per heavy atom. The zero-order valence-corrected chi connectivity index (χ0v) is 28.7. The molecule has 0 radical (unpaired) electrons. The molecule has 0 fully saturated rings. The van der Waals surface area contributed by atoms with Crippen LogP contribution in [0.15, 0.2) is 170 Å². The maximum absolute atomic E-state index is 2.41. The Hall–Kier alpha value is -6.38. The standard InChI is InChI=1S/C49H36N2/c1-49(2)43-18-10-9-17-41(43)42-29-28-40(32-44(42)49)50(37-13-5-3-6-14-37)39-26-22-33(23-27-39)20-21-34-30-36-25-24-35-12-11-19-45-47(35)48(36)46(31-34)51(45)38-15-7-4-8-16-38/h3-32H,1-2H3/b21-20+. The Bertz CT molecular complexity index is 2750. The molecule has 242 valence electrons. The van der Waals surface area contributed by atoms with Gasteiger partial charge in [-0.25, -0.2) is 0 Å². The highest BCUT2D eigenvalue weighted by Crippen LogP contribution is 2.50. The van der Waals surface area contributed by atoms with Crippen LogP contribution >= 0.6 is 0 Å². The second-order valence-electron chi connectivity index (χ2n) is 14.2. The van der Waals surface area contributed by atoms with E-state index in [1.54, 1.807) is 0 Å². The van der Waals surface area contributed by atoms with Crippen molar-refractivity contribution in [2.75, 3.05) is 4.90 Å². The summed E-state index contributed by atoms with van der Waals surface area (Å²) >= 11 is 0. The first-order valence-corrected chi connectivity index (χ1v) is 17.8. The Labute approximate surface area is 298 Å². The van der Waals surface area contributed by atoms with Gasteiger partial charge in [0.25, 0.3) is 0 Å². The van der Waals surface area contributed by atoms with Gasteiger partial charge in [0.15, 0.2) is 0 Å². The topological polar surface area (TPSA) is 8.17 Å². The van der Waals surface area contributed by atoms with Crippen molar-refractivity contribution >= 4 is 61.8 Å². The van der Waals surface area contributed by atoms with E-state index in [9.17, 15) is 0 Å². The highest BCUT2D eigenvalue weighted by atomic mass is 15.1. The smallest absolute Gasteiger partial charge is 0.0553 e. The van der Waals surface area contributed by atoms with E-state index in [4.69, 9.17) is 0 Å². The summed E-state index contributed by atoms with van der Waals surface area (Å²) < 4.78 is 2.41. The molecular formula is C49H36N2. The van der Waals surface area contributed by atoms with E-state index in [2.05, 4.69) is 205 Å². The quantitative estimate of drug-likeness (QED) is 0.128. The monoisotopic (exact) mass is 652 g/mol. The summed E-state index contributed by atoms with van der Waals surface area (Å²) in [4.78, 5) is 2.37. The number of hydrogen-bond acceptors (Lipinski definition) is 1. The average molecular weight is 653 g/mol. The van der Waals surface area contributed by atoms with E-state index in [1.807, 2.05) is 0 Å². The molecule has 2 nitrogen and oxygen atoms in total. The van der Waals surface area contributed by atoms with Gasteiger partial charge in [-0.3, -0.25) is 0 Å². The molecule has 1 aliphatic carbocycles. The molecule has 0 saturated carbocycles. The molecule has 0 atom stereocenters. The van der Waals surface area contributed by atoms with Crippen molar-refractivity contribution in [1.29, 1.82) is 0 Å². The van der Waals surface area contributed by atoms with Gasteiger partial charge in [-0.05, 0) is 111 Å². The fourth-order valence-corrected chi connectivity index (χ4v) is 8.45. The maximum Gasteiger partial charge on any atom is 0.0553 e. The number of fused-ring (bicyclic) bond motifs is 3. The van der Waals surface area contributed by atoms with Crippen LogP contribution in [-0.2, 0) is 5.41 Å². The van der Waals surface area contributed by atoms with Crippen molar-refractivity contribution in [3.8, 4) is 16.8 Å². The summed E-state index contributed by atoms with van der Waals surface area (Å²) in [6.07, 6.45) is 4.48. The molecule has 0 spiro atoms. The summed E-state index contributed by atoms with van der Waals surface area (Å²) in [6.45, 7) is 4.69. The summed E-state index contributed by atoms with van der Waals surface area (Å²) in [5.74, 6) is 0. The van der Waals surface area contributed by atoms with Crippen molar-refractivity contribution in [2.45, 2.75) is 19.3 Å².